The SMILES string of the molecule is Cc1ncccc1COc1ccc([C]=O)cc1. The third-order valence-electron chi connectivity index (χ3n) is 2.48. The van der Waals surface area contributed by atoms with Gasteiger partial charge in [0.05, 0.1) is 0 Å². The second-order valence-corrected chi connectivity index (χ2v) is 3.66. The van der Waals surface area contributed by atoms with Crippen LogP contribution in [-0.4, -0.2) is 11.3 Å². The van der Waals surface area contributed by atoms with E-state index in [9.17, 15) is 4.79 Å². The summed E-state index contributed by atoms with van der Waals surface area (Å²) in [6, 6.07) is 10.7. The Labute approximate surface area is 100 Å². The standard InChI is InChI=1S/C14H12NO2/c1-11-13(3-2-8-15-11)10-17-14-6-4-12(9-16)5-7-14/h2-8H,10H2,1H3. The lowest BCUT2D eigenvalue weighted by molar-refractivity contribution is 0.305. The second-order valence-electron chi connectivity index (χ2n) is 3.66. The summed E-state index contributed by atoms with van der Waals surface area (Å²) in [5, 5.41) is 0. The van der Waals surface area contributed by atoms with E-state index in [-0.39, 0.29) is 0 Å². The fourth-order valence-electron chi connectivity index (χ4n) is 1.45. The van der Waals surface area contributed by atoms with E-state index in [1.54, 1.807) is 30.5 Å². The van der Waals surface area contributed by atoms with Gasteiger partial charge in [0.25, 0.3) is 0 Å². The summed E-state index contributed by atoms with van der Waals surface area (Å²) in [6.45, 7) is 2.42. The summed E-state index contributed by atoms with van der Waals surface area (Å²) in [6.07, 6.45) is 3.58. The molecule has 0 N–H and O–H groups in total. The highest BCUT2D eigenvalue weighted by atomic mass is 16.5. The summed E-state index contributed by atoms with van der Waals surface area (Å²) < 4.78 is 5.60. The minimum Gasteiger partial charge on any atom is -0.489 e. The molecule has 1 radical (unpaired) electrons. The van der Waals surface area contributed by atoms with Crippen molar-refractivity contribution >= 4 is 6.29 Å². The van der Waals surface area contributed by atoms with Gasteiger partial charge in [-0.2, -0.15) is 0 Å². The second kappa shape index (κ2) is 5.25. The molecular weight excluding hydrogens is 214 g/mol. The largest absolute Gasteiger partial charge is 0.489 e. The summed E-state index contributed by atoms with van der Waals surface area (Å²) in [5.41, 5.74) is 2.54. The Bertz CT molecular complexity index is 506. The molecule has 85 valence electrons. The first kappa shape index (κ1) is 11.3. The molecule has 1 heterocycles. The number of aryl methyl sites for hydroxylation is 1. The van der Waals surface area contributed by atoms with Crippen molar-refractivity contribution in [2.45, 2.75) is 13.5 Å². The maximum absolute atomic E-state index is 10.4. The van der Waals surface area contributed by atoms with Gasteiger partial charge in [-0.05, 0) is 37.3 Å². The van der Waals surface area contributed by atoms with Crippen LogP contribution in [0.5, 0.6) is 5.75 Å². The number of carbonyl (C=O) groups excluding carboxylic acids is 1. The molecule has 17 heavy (non-hydrogen) atoms. The highest BCUT2D eigenvalue weighted by Crippen LogP contribution is 2.14. The van der Waals surface area contributed by atoms with Gasteiger partial charge in [-0.3, -0.25) is 9.78 Å². The maximum atomic E-state index is 10.4. The van der Waals surface area contributed by atoms with Crippen molar-refractivity contribution in [3.8, 4) is 5.75 Å². The third kappa shape index (κ3) is 2.91. The summed E-state index contributed by atoms with van der Waals surface area (Å²) in [7, 11) is 0. The Morgan fingerprint density at radius 1 is 1.24 bits per heavy atom. The lowest BCUT2D eigenvalue weighted by Gasteiger charge is -2.07. The maximum Gasteiger partial charge on any atom is 0.233 e. The molecule has 0 fully saturated rings. The molecule has 0 atom stereocenters. The molecule has 0 unspecified atom stereocenters. The number of hydrogen-bond acceptors (Lipinski definition) is 3. The number of aromatic nitrogens is 1. The number of pyridine rings is 1. The Morgan fingerprint density at radius 2 is 2.00 bits per heavy atom. The van der Waals surface area contributed by atoms with E-state index in [0.29, 0.717) is 12.2 Å². The van der Waals surface area contributed by atoms with Crippen LogP contribution < -0.4 is 4.74 Å². The fraction of sp³-hybridized carbons (Fsp3) is 0.143. The highest BCUT2D eigenvalue weighted by molar-refractivity contribution is 5.75. The Balaban J connectivity index is 2.02. The molecule has 1 aromatic carbocycles. The average molecular weight is 226 g/mol. The smallest absolute Gasteiger partial charge is 0.233 e. The number of hydrogen-bond donors (Lipinski definition) is 0. The Morgan fingerprint density at radius 3 is 2.65 bits per heavy atom. The van der Waals surface area contributed by atoms with Gasteiger partial charge in [0.1, 0.15) is 12.4 Å². The Kier molecular flexibility index (Phi) is 3.50. The topological polar surface area (TPSA) is 39.2 Å². The molecule has 0 aliphatic carbocycles. The third-order valence-corrected chi connectivity index (χ3v) is 2.48. The van der Waals surface area contributed by atoms with E-state index in [4.69, 9.17) is 4.74 Å². The van der Waals surface area contributed by atoms with Crippen molar-refractivity contribution in [1.82, 2.24) is 4.98 Å². The van der Waals surface area contributed by atoms with Gasteiger partial charge in [0.15, 0.2) is 0 Å². The van der Waals surface area contributed by atoms with Gasteiger partial charge in [-0.15, -0.1) is 0 Å². The van der Waals surface area contributed by atoms with Crippen LogP contribution in [0, 0.1) is 6.92 Å². The van der Waals surface area contributed by atoms with E-state index in [1.165, 1.54) is 0 Å². The zero-order valence-corrected chi connectivity index (χ0v) is 9.51. The fourth-order valence-corrected chi connectivity index (χ4v) is 1.45. The number of nitrogens with zero attached hydrogens (tertiary/aromatic N) is 1. The quantitative estimate of drug-likeness (QED) is 0.803. The molecule has 0 amide bonds. The van der Waals surface area contributed by atoms with Crippen molar-refractivity contribution in [2.75, 3.05) is 0 Å². The van der Waals surface area contributed by atoms with Crippen molar-refractivity contribution in [3.05, 3.63) is 59.4 Å². The zero-order chi connectivity index (χ0) is 12.1. The van der Waals surface area contributed by atoms with Gasteiger partial charge in [-0.1, -0.05) is 6.07 Å². The Hall–Kier alpha value is -2.16. The van der Waals surface area contributed by atoms with Gasteiger partial charge >= 0.3 is 0 Å². The van der Waals surface area contributed by atoms with Crippen molar-refractivity contribution in [3.63, 3.8) is 0 Å². The molecule has 0 bridgehead atoms. The zero-order valence-electron chi connectivity index (χ0n) is 9.51. The molecule has 0 spiro atoms. The van der Waals surface area contributed by atoms with Gasteiger partial charge in [-0.25, -0.2) is 0 Å². The van der Waals surface area contributed by atoms with Crippen LogP contribution in [0.25, 0.3) is 0 Å². The molecule has 2 rings (SSSR count). The van der Waals surface area contributed by atoms with Crippen LogP contribution in [-0.2, 0) is 11.4 Å². The highest BCUT2D eigenvalue weighted by Gasteiger charge is 2.00. The van der Waals surface area contributed by atoms with E-state index in [0.717, 1.165) is 17.0 Å². The molecule has 3 nitrogen and oxygen atoms in total. The lowest BCUT2D eigenvalue weighted by Crippen LogP contribution is -1.99. The van der Waals surface area contributed by atoms with E-state index < -0.39 is 0 Å². The van der Waals surface area contributed by atoms with Gasteiger partial charge in [0, 0.05) is 23.0 Å². The van der Waals surface area contributed by atoms with Crippen LogP contribution in [0.2, 0.25) is 0 Å². The monoisotopic (exact) mass is 226 g/mol. The molecule has 0 saturated heterocycles. The first-order chi connectivity index (χ1) is 8.29. The number of rotatable bonds is 4. The summed E-state index contributed by atoms with van der Waals surface area (Å²) in [5.74, 6) is 0.729. The first-order valence-electron chi connectivity index (χ1n) is 5.31. The van der Waals surface area contributed by atoms with Crippen molar-refractivity contribution in [1.29, 1.82) is 0 Å². The van der Waals surface area contributed by atoms with Crippen LogP contribution in [0.4, 0.5) is 0 Å². The molecule has 1 aromatic heterocycles. The van der Waals surface area contributed by atoms with Crippen molar-refractivity contribution in [2.24, 2.45) is 0 Å². The number of benzene rings is 1. The first-order valence-corrected chi connectivity index (χ1v) is 5.31. The minimum atomic E-state index is 0.476. The molecular formula is C14H12NO2. The van der Waals surface area contributed by atoms with Crippen molar-refractivity contribution < 1.29 is 9.53 Å². The minimum absolute atomic E-state index is 0.476. The summed E-state index contributed by atoms with van der Waals surface area (Å²) in [4.78, 5) is 14.6. The van der Waals surface area contributed by atoms with Crippen LogP contribution in [0.1, 0.15) is 16.8 Å². The molecule has 0 aliphatic heterocycles. The molecule has 2 aromatic rings. The van der Waals surface area contributed by atoms with Crippen LogP contribution >= 0.6 is 0 Å². The molecule has 3 heteroatoms. The van der Waals surface area contributed by atoms with E-state index in [1.807, 2.05) is 25.3 Å². The molecule has 0 saturated carbocycles. The van der Waals surface area contributed by atoms with E-state index >= 15 is 0 Å². The summed E-state index contributed by atoms with van der Waals surface area (Å²) >= 11 is 0. The van der Waals surface area contributed by atoms with E-state index in [2.05, 4.69) is 4.98 Å². The van der Waals surface area contributed by atoms with Crippen LogP contribution in [0.3, 0.4) is 0 Å². The normalized spacial score (nSPS) is 9.94. The average Bonchev–Trinajstić information content (AvgIpc) is 2.38. The lowest BCUT2D eigenvalue weighted by atomic mass is 10.2. The number of ether oxygens (including phenoxy) is 1. The molecule has 0 aliphatic rings. The predicted molar refractivity (Wildman–Crippen MR) is 64.5 cm³/mol. The van der Waals surface area contributed by atoms with Gasteiger partial charge in [0.2, 0.25) is 6.29 Å². The predicted octanol–water partition coefficient (Wildman–Crippen LogP) is 2.43. The van der Waals surface area contributed by atoms with Gasteiger partial charge < -0.3 is 4.74 Å². The van der Waals surface area contributed by atoms with Crippen LogP contribution in [0.15, 0.2) is 42.6 Å².